The zero-order chi connectivity index (χ0) is 6.15. The van der Waals surface area contributed by atoms with E-state index in [-0.39, 0.29) is 0 Å². The van der Waals surface area contributed by atoms with Crippen molar-refractivity contribution in [3.63, 3.8) is 0 Å². The highest BCUT2D eigenvalue weighted by Gasteiger charge is 1.99. The molecular formula is C6H7IO. The predicted molar refractivity (Wildman–Crippen MR) is 40.9 cm³/mol. The van der Waals surface area contributed by atoms with E-state index in [4.69, 9.17) is 4.42 Å². The van der Waals surface area contributed by atoms with Crippen LogP contribution in [-0.4, -0.2) is 0 Å². The van der Waals surface area contributed by atoms with E-state index in [1.165, 1.54) is 11.1 Å². The zero-order valence-electron chi connectivity index (χ0n) is 4.86. The van der Waals surface area contributed by atoms with Crippen molar-refractivity contribution in [2.45, 2.75) is 13.8 Å². The highest BCUT2D eigenvalue weighted by Crippen LogP contribution is 2.15. The summed E-state index contributed by atoms with van der Waals surface area (Å²) in [4.78, 5) is 0. The van der Waals surface area contributed by atoms with E-state index in [2.05, 4.69) is 29.5 Å². The van der Waals surface area contributed by atoms with Crippen molar-refractivity contribution in [3.05, 3.63) is 21.2 Å². The number of hydrogen-bond donors (Lipinski definition) is 0. The van der Waals surface area contributed by atoms with Gasteiger partial charge < -0.3 is 4.42 Å². The smallest absolute Gasteiger partial charge is 0.166 e. The summed E-state index contributed by atoms with van der Waals surface area (Å²) in [5.74, 6) is 0. The fourth-order valence-electron chi connectivity index (χ4n) is 0.472. The van der Waals surface area contributed by atoms with E-state index in [0.717, 1.165) is 3.77 Å². The van der Waals surface area contributed by atoms with Crippen LogP contribution in [0.1, 0.15) is 11.1 Å². The molecule has 0 atom stereocenters. The van der Waals surface area contributed by atoms with Gasteiger partial charge >= 0.3 is 0 Å². The second kappa shape index (κ2) is 2.09. The van der Waals surface area contributed by atoms with Crippen LogP contribution >= 0.6 is 22.6 Å². The lowest BCUT2D eigenvalue weighted by molar-refractivity contribution is 0.534. The summed E-state index contributed by atoms with van der Waals surface area (Å²) in [5, 5.41) is 0. The molecule has 0 bridgehead atoms. The highest BCUT2D eigenvalue weighted by atomic mass is 127. The van der Waals surface area contributed by atoms with Crippen LogP contribution in [0.5, 0.6) is 0 Å². The van der Waals surface area contributed by atoms with Crippen LogP contribution in [0.4, 0.5) is 0 Å². The molecule has 1 nitrogen and oxygen atoms in total. The van der Waals surface area contributed by atoms with Crippen molar-refractivity contribution in [1.29, 1.82) is 0 Å². The third-order valence-corrected chi connectivity index (χ3v) is 2.29. The lowest BCUT2D eigenvalue weighted by Crippen LogP contribution is -1.70. The molecule has 0 saturated heterocycles. The summed E-state index contributed by atoms with van der Waals surface area (Å²) < 4.78 is 6.08. The SMILES string of the molecule is Cc1coc(I)c1C. The Bertz CT molecular complexity index is 171. The van der Waals surface area contributed by atoms with E-state index < -0.39 is 0 Å². The van der Waals surface area contributed by atoms with Gasteiger partial charge in [0.1, 0.15) is 0 Å². The van der Waals surface area contributed by atoms with E-state index in [1.807, 2.05) is 6.92 Å². The van der Waals surface area contributed by atoms with Crippen molar-refractivity contribution in [2.24, 2.45) is 0 Å². The van der Waals surface area contributed by atoms with Gasteiger partial charge in [-0.1, -0.05) is 0 Å². The number of halogens is 1. The Balaban J connectivity index is 3.19. The number of hydrogen-bond acceptors (Lipinski definition) is 1. The van der Waals surface area contributed by atoms with E-state index >= 15 is 0 Å². The van der Waals surface area contributed by atoms with Crippen LogP contribution in [0.25, 0.3) is 0 Å². The Labute approximate surface area is 62.2 Å². The van der Waals surface area contributed by atoms with Crippen LogP contribution in [0.15, 0.2) is 10.7 Å². The largest absolute Gasteiger partial charge is 0.458 e. The molecule has 0 aromatic carbocycles. The molecule has 0 fully saturated rings. The first-order valence-electron chi connectivity index (χ1n) is 2.42. The molecule has 0 spiro atoms. The average molecular weight is 222 g/mol. The summed E-state index contributed by atoms with van der Waals surface area (Å²) in [6.07, 6.45) is 1.77. The molecule has 44 valence electrons. The Morgan fingerprint density at radius 2 is 2.12 bits per heavy atom. The first kappa shape index (κ1) is 6.13. The highest BCUT2D eigenvalue weighted by molar-refractivity contribution is 14.1. The van der Waals surface area contributed by atoms with Crippen LogP contribution in [0.3, 0.4) is 0 Å². The van der Waals surface area contributed by atoms with Gasteiger partial charge in [0.2, 0.25) is 0 Å². The molecule has 1 rings (SSSR count). The molecule has 0 aliphatic heterocycles. The van der Waals surface area contributed by atoms with Crippen LogP contribution in [0.2, 0.25) is 0 Å². The molecule has 0 saturated carbocycles. The molecule has 0 aliphatic rings. The van der Waals surface area contributed by atoms with Gasteiger partial charge in [-0.3, -0.25) is 0 Å². The fourth-order valence-corrected chi connectivity index (χ4v) is 1.02. The van der Waals surface area contributed by atoms with Gasteiger partial charge in [-0.15, -0.1) is 0 Å². The van der Waals surface area contributed by atoms with E-state index in [9.17, 15) is 0 Å². The van der Waals surface area contributed by atoms with E-state index in [1.54, 1.807) is 6.26 Å². The normalized spacial score (nSPS) is 9.88. The first-order chi connectivity index (χ1) is 3.72. The van der Waals surface area contributed by atoms with Crippen LogP contribution in [0, 0.1) is 17.6 Å². The van der Waals surface area contributed by atoms with Crippen molar-refractivity contribution in [3.8, 4) is 0 Å². The van der Waals surface area contributed by atoms with Gasteiger partial charge in [0.15, 0.2) is 3.77 Å². The molecule has 8 heavy (non-hydrogen) atoms. The third kappa shape index (κ3) is 0.891. The summed E-state index contributed by atoms with van der Waals surface area (Å²) in [5.41, 5.74) is 2.49. The monoisotopic (exact) mass is 222 g/mol. The van der Waals surface area contributed by atoms with Gasteiger partial charge in [-0.05, 0) is 42.0 Å². The molecule has 0 unspecified atom stereocenters. The Kier molecular flexibility index (Phi) is 1.60. The van der Waals surface area contributed by atoms with Gasteiger partial charge in [0.25, 0.3) is 0 Å². The lowest BCUT2D eigenvalue weighted by atomic mass is 10.2. The second-order valence-corrected chi connectivity index (χ2v) is 2.80. The standard InChI is InChI=1S/C6H7IO/c1-4-3-8-6(7)5(4)2/h3H,1-2H3. The molecule has 2 heteroatoms. The topological polar surface area (TPSA) is 13.1 Å². The molecule has 0 amide bonds. The minimum absolute atomic E-state index is 1.00. The van der Waals surface area contributed by atoms with Gasteiger partial charge in [-0.2, -0.15) is 0 Å². The third-order valence-electron chi connectivity index (χ3n) is 1.23. The maximum Gasteiger partial charge on any atom is 0.166 e. The number of rotatable bonds is 0. The van der Waals surface area contributed by atoms with Crippen molar-refractivity contribution in [2.75, 3.05) is 0 Å². The average Bonchev–Trinajstić information content (AvgIpc) is 1.98. The first-order valence-corrected chi connectivity index (χ1v) is 3.50. The maximum absolute atomic E-state index is 5.08. The predicted octanol–water partition coefficient (Wildman–Crippen LogP) is 2.50. The molecule has 1 aromatic rings. The second-order valence-electron chi connectivity index (χ2n) is 1.82. The lowest BCUT2D eigenvalue weighted by Gasteiger charge is -1.82. The van der Waals surface area contributed by atoms with Gasteiger partial charge in [-0.25, -0.2) is 0 Å². The van der Waals surface area contributed by atoms with Crippen molar-refractivity contribution in [1.82, 2.24) is 0 Å². The van der Waals surface area contributed by atoms with Crippen LogP contribution < -0.4 is 0 Å². The Hall–Kier alpha value is 0.01000. The quantitative estimate of drug-likeness (QED) is 0.614. The summed E-state index contributed by atoms with van der Waals surface area (Å²) in [7, 11) is 0. The molecule has 1 aromatic heterocycles. The zero-order valence-corrected chi connectivity index (χ0v) is 7.02. The minimum Gasteiger partial charge on any atom is -0.458 e. The molecular weight excluding hydrogens is 215 g/mol. The van der Waals surface area contributed by atoms with Gasteiger partial charge in [0.05, 0.1) is 6.26 Å². The van der Waals surface area contributed by atoms with E-state index in [0.29, 0.717) is 0 Å². The van der Waals surface area contributed by atoms with Crippen molar-refractivity contribution < 1.29 is 4.42 Å². The summed E-state index contributed by atoms with van der Waals surface area (Å²) >= 11 is 2.18. The molecule has 0 radical (unpaired) electrons. The molecule has 0 aliphatic carbocycles. The number of aryl methyl sites for hydroxylation is 1. The summed E-state index contributed by atoms with van der Waals surface area (Å²) in [6, 6.07) is 0. The maximum atomic E-state index is 5.08. The Morgan fingerprint density at radius 1 is 1.50 bits per heavy atom. The molecule has 1 heterocycles. The number of furan rings is 1. The summed E-state index contributed by atoms with van der Waals surface area (Å²) in [6.45, 7) is 4.10. The van der Waals surface area contributed by atoms with Gasteiger partial charge in [0, 0.05) is 5.56 Å². The molecule has 0 N–H and O–H groups in total. The Morgan fingerprint density at radius 3 is 2.25 bits per heavy atom. The van der Waals surface area contributed by atoms with Crippen LogP contribution in [-0.2, 0) is 0 Å². The fraction of sp³-hybridized carbons (Fsp3) is 0.333. The minimum atomic E-state index is 1.00. The van der Waals surface area contributed by atoms with Crippen molar-refractivity contribution >= 4 is 22.6 Å².